The minimum Gasteiger partial charge on any atom is -0.341 e. The molecular weight excluding hydrogens is 360 g/mol. The summed E-state index contributed by atoms with van der Waals surface area (Å²) in [6.45, 7) is 9.10. The fourth-order valence-electron chi connectivity index (χ4n) is 4.87. The highest BCUT2D eigenvalue weighted by molar-refractivity contribution is 5.85. The molecule has 3 aliphatic heterocycles. The third-order valence-corrected chi connectivity index (χ3v) is 6.38. The van der Waals surface area contributed by atoms with Crippen molar-refractivity contribution in [1.29, 1.82) is 0 Å². The Hall–Kier alpha value is -1.92. The van der Waals surface area contributed by atoms with E-state index in [1.807, 2.05) is 10.9 Å². The van der Waals surface area contributed by atoms with Gasteiger partial charge in [-0.2, -0.15) is 5.10 Å². The SMILES string of the molecule is C=Cn1ncc(CN2C3CCC2c2cnc(N4CCCC4)nc2C3)c1C.Cl. The van der Waals surface area contributed by atoms with Crippen molar-refractivity contribution < 1.29 is 0 Å². The Morgan fingerprint density at radius 3 is 2.78 bits per heavy atom. The van der Waals surface area contributed by atoms with Crippen molar-refractivity contribution in [2.75, 3.05) is 18.0 Å². The van der Waals surface area contributed by atoms with Crippen LogP contribution in [0.5, 0.6) is 0 Å². The van der Waals surface area contributed by atoms with Crippen molar-refractivity contribution in [3.63, 3.8) is 0 Å². The summed E-state index contributed by atoms with van der Waals surface area (Å²) in [6.07, 6.45) is 11.9. The summed E-state index contributed by atoms with van der Waals surface area (Å²) in [5, 5.41) is 4.41. The Kier molecular flexibility index (Phi) is 4.95. The molecule has 2 atom stereocenters. The smallest absolute Gasteiger partial charge is 0.225 e. The summed E-state index contributed by atoms with van der Waals surface area (Å²) in [6, 6.07) is 1.03. The minimum absolute atomic E-state index is 0. The number of aromatic nitrogens is 4. The van der Waals surface area contributed by atoms with Crippen molar-refractivity contribution in [3.05, 3.63) is 41.5 Å². The molecule has 2 bridgehead atoms. The Bertz CT molecular complexity index is 841. The molecule has 3 aliphatic rings. The molecule has 2 fully saturated rings. The summed E-state index contributed by atoms with van der Waals surface area (Å²) in [4.78, 5) is 14.7. The van der Waals surface area contributed by atoms with Crippen LogP contribution in [0.1, 0.15) is 54.2 Å². The van der Waals surface area contributed by atoms with Crippen LogP contribution in [-0.2, 0) is 13.0 Å². The predicted molar refractivity (Wildman–Crippen MR) is 109 cm³/mol. The monoisotopic (exact) mass is 386 g/mol. The van der Waals surface area contributed by atoms with Crippen molar-refractivity contribution in [2.45, 2.75) is 57.7 Å². The lowest BCUT2D eigenvalue weighted by molar-refractivity contribution is 0.166. The number of rotatable bonds is 4. The van der Waals surface area contributed by atoms with Gasteiger partial charge in [0.05, 0.1) is 11.9 Å². The predicted octanol–water partition coefficient (Wildman–Crippen LogP) is 3.37. The zero-order valence-corrected chi connectivity index (χ0v) is 16.7. The van der Waals surface area contributed by atoms with E-state index in [0.717, 1.165) is 32.0 Å². The van der Waals surface area contributed by atoms with Crippen molar-refractivity contribution in [3.8, 4) is 0 Å². The number of nitrogens with zero attached hydrogens (tertiary/aromatic N) is 6. The van der Waals surface area contributed by atoms with Gasteiger partial charge in [-0.25, -0.2) is 14.6 Å². The van der Waals surface area contributed by atoms with E-state index in [9.17, 15) is 0 Å². The second-order valence-corrected chi connectivity index (χ2v) is 7.77. The van der Waals surface area contributed by atoms with E-state index in [1.165, 1.54) is 48.2 Å². The van der Waals surface area contributed by atoms with Crippen LogP contribution in [0.4, 0.5) is 5.95 Å². The third kappa shape index (κ3) is 3.05. The lowest BCUT2D eigenvalue weighted by Crippen LogP contribution is -2.38. The summed E-state index contributed by atoms with van der Waals surface area (Å²) < 4.78 is 1.86. The zero-order chi connectivity index (χ0) is 17.7. The third-order valence-electron chi connectivity index (χ3n) is 6.38. The van der Waals surface area contributed by atoms with Gasteiger partial charge in [0.2, 0.25) is 5.95 Å². The van der Waals surface area contributed by atoms with Crippen LogP contribution in [-0.4, -0.2) is 43.8 Å². The second kappa shape index (κ2) is 7.24. The average Bonchev–Trinajstić information content (AvgIpc) is 3.36. The molecule has 2 unspecified atom stereocenters. The molecule has 5 heterocycles. The molecular formula is C20H27ClN6. The van der Waals surface area contributed by atoms with Crippen molar-refractivity contribution in [2.24, 2.45) is 0 Å². The fraction of sp³-hybridized carbons (Fsp3) is 0.550. The first kappa shape index (κ1) is 18.4. The van der Waals surface area contributed by atoms with Gasteiger partial charge < -0.3 is 4.90 Å². The maximum atomic E-state index is 4.97. The number of hydrogen-bond donors (Lipinski definition) is 0. The van der Waals surface area contributed by atoms with Gasteiger partial charge in [0.1, 0.15) is 0 Å². The molecule has 5 rings (SSSR count). The second-order valence-electron chi connectivity index (χ2n) is 7.77. The van der Waals surface area contributed by atoms with Gasteiger partial charge in [-0.3, -0.25) is 4.90 Å². The van der Waals surface area contributed by atoms with Gasteiger partial charge in [-0.1, -0.05) is 6.58 Å². The van der Waals surface area contributed by atoms with Crippen molar-refractivity contribution >= 4 is 24.6 Å². The quantitative estimate of drug-likeness (QED) is 0.806. The molecule has 2 aromatic rings. The molecule has 7 heteroatoms. The zero-order valence-electron chi connectivity index (χ0n) is 15.8. The van der Waals surface area contributed by atoms with Gasteiger partial charge in [0.15, 0.2) is 0 Å². The van der Waals surface area contributed by atoms with Gasteiger partial charge in [0.25, 0.3) is 0 Å². The largest absolute Gasteiger partial charge is 0.341 e. The Balaban J connectivity index is 0.00000180. The van der Waals surface area contributed by atoms with Crippen LogP contribution in [0.25, 0.3) is 6.20 Å². The van der Waals surface area contributed by atoms with Crippen molar-refractivity contribution in [1.82, 2.24) is 24.6 Å². The van der Waals surface area contributed by atoms with E-state index < -0.39 is 0 Å². The summed E-state index contributed by atoms with van der Waals surface area (Å²) >= 11 is 0. The summed E-state index contributed by atoms with van der Waals surface area (Å²) in [5.74, 6) is 0.942. The Morgan fingerprint density at radius 2 is 2.04 bits per heavy atom. The van der Waals surface area contributed by atoms with E-state index in [0.29, 0.717) is 12.1 Å². The Morgan fingerprint density at radius 1 is 1.22 bits per heavy atom. The molecule has 0 saturated carbocycles. The molecule has 6 nitrogen and oxygen atoms in total. The molecule has 0 radical (unpaired) electrons. The minimum atomic E-state index is 0. The van der Waals surface area contributed by atoms with E-state index in [1.54, 1.807) is 6.20 Å². The average molecular weight is 387 g/mol. The number of hydrogen-bond acceptors (Lipinski definition) is 5. The molecule has 0 aromatic carbocycles. The fourth-order valence-corrected chi connectivity index (χ4v) is 4.87. The highest BCUT2D eigenvalue weighted by atomic mass is 35.5. The normalized spacial score (nSPS) is 24.0. The van der Waals surface area contributed by atoms with E-state index in [4.69, 9.17) is 9.97 Å². The maximum absolute atomic E-state index is 4.97. The van der Waals surface area contributed by atoms with Crippen LogP contribution >= 0.6 is 12.4 Å². The topological polar surface area (TPSA) is 50.1 Å². The molecule has 2 saturated heterocycles. The molecule has 0 amide bonds. The van der Waals surface area contributed by atoms with E-state index >= 15 is 0 Å². The molecule has 0 N–H and O–H groups in total. The van der Waals surface area contributed by atoms with Gasteiger partial charge in [0, 0.05) is 67.4 Å². The Labute approximate surface area is 166 Å². The molecule has 2 aromatic heterocycles. The standard InChI is InChI=1S/C20H26N6.ClH/c1-3-26-14(2)15(11-22-26)13-25-16-6-7-19(25)17-12-21-20(23-18(17)10-16)24-8-4-5-9-24;/h3,11-12,16,19H,1,4-10,13H2,2H3;1H. The maximum Gasteiger partial charge on any atom is 0.225 e. The van der Waals surface area contributed by atoms with Crippen LogP contribution in [0, 0.1) is 6.92 Å². The molecule has 144 valence electrons. The molecule has 27 heavy (non-hydrogen) atoms. The lowest BCUT2D eigenvalue weighted by Gasteiger charge is -2.35. The number of fused-ring (bicyclic) bond motifs is 4. The summed E-state index contributed by atoms with van der Waals surface area (Å²) in [7, 11) is 0. The highest BCUT2D eigenvalue weighted by Crippen LogP contribution is 2.44. The first-order valence-corrected chi connectivity index (χ1v) is 9.76. The molecule has 0 spiro atoms. The van der Waals surface area contributed by atoms with E-state index in [-0.39, 0.29) is 12.4 Å². The highest BCUT2D eigenvalue weighted by Gasteiger charge is 2.41. The number of halogens is 1. The first-order valence-electron chi connectivity index (χ1n) is 9.76. The van der Waals surface area contributed by atoms with Crippen LogP contribution in [0.2, 0.25) is 0 Å². The number of anilines is 1. The van der Waals surface area contributed by atoms with Crippen LogP contribution in [0.3, 0.4) is 0 Å². The molecule has 0 aliphatic carbocycles. The van der Waals surface area contributed by atoms with Gasteiger partial charge in [-0.05, 0) is 32.6 Å². The van der Waals surface area contributed by atoms with Crippen LogP contribution in [0.15, 0.2) is 19.0 Å². The van der Waals surface area contributed by atoms with E-state index in [2.05, 4.69) is 34.6 Å². The van der Waals surface area contributed by atoms with Gasteiger partial charge >= 0.3 is 0 Å². The summed E-state index contributed by atoms with van der Waals surface area (Å²) in [5.41, 5.74) is 5.10. The van der Waals surface area contributed by atoms with Gasteiger partial charge in [-0.15, -0.1) is 12.4 Å². The van der Waals surface area contributed by atoms with Crippen LogP contribution < -0.4 is 4.90 Å². The first-order chi connectivity index (χ1) is 12.7. The lowest BCUT2D eigenvalue weighted by atomic mass is 9.98.